The molecule has 3 rings (SSSR count). The molecule has 1 aliphatic heterocycles. The van der Waals surface area contributed by atoms with Crippen molar-refractivity contribution < 1.29 is 9.53 Å². The fraction of sp³-hybridized carbons (Fsp3) is 0.462. The summed E-state index contributed by atoms with van der Waals surface area (Å²) >= 11 is 0. The van der Waals surface area contributed by atoms with E-state index in [1.165, 1.54) is 11.1 Å². The first-order chi connectivity index (χ1) is 15.5. The number of nitrogens with zero attached hydrogens (tertiary/aromatic N) is 2. The number of rotatable bonds is 10. The van der Waals surface area contributed by atoms with Crippen molar-refractivity contribution in [1.82, 2.24) is 15.5 Å². The van der Waals surface area contributed by atoms with E-state index >= 15 is 0 Å². The van der Waals surface area contributed by atoms with Crippen molar-refractivity contribution in [2.24, 2.45) is 10.9 Å². The van der Waals surface area contributed by atoms with Gasteiger partial charge in [0.05, 0.1) is 6.54 Å². The number of carbonyl (C=O) groups is 1. The fourth-order valence-electron chi connectivity index (χ4n) is 3.80. The summed E-state index contributed by atoms with van der Waals surface area (Å²) in [6.45, 7) is 9.77. The van der Waals surface area contributed by atoms with Gasteiger partial charge in [0.15, 0.2) is 5.96 Å². The SMILES string of the molecule is CCNC(=NCC(C)Oc1ccc(C)cc1)NCC1CC(=O)N(CCc2ccccc2)C1. The standard InChI is InChI=1S/C26H36N4O2/c1-4-27-26(28-17-21(3)32-24-12-10-20(2)11-13-24)29-18-23-16-25(31)30(19-23)15-14-22-8-6-5-7-9-22/h5-13,21,23H,4,14-19H2,1-3H3,(H2,27,28,29). The Hall–Kier alpha value is -3.02. The zero-order valence-electron chi connectivity index (χ0n) is 19.5. The molecule has 32 heavy (non-hydrogen) atoms. The first-order valence-electron chi connectivity index (χ1n) is 11.6. The maximum atomic E-state index is 12.4. The highest BCUT2D eigenvalue weighted by atomic mass is 16.5. The van der Waals surface area contributed by atoms with Gasteiger partial charge in [0.1, 0.15) is 11.9 Å². The molecule has 2 atom stereocenters. The molecule has 1 heterocycles. The van der Waals surface area contributed by atoms with Crippen LogP contribution in [0.25, 0.3) is 0 Å². The van der Waals surface area contributed by atoms with Gasteiger partial charge in [-0.2, -0.15) is 0 Å². The smallest absolute Gasteiger partial charge is 0.223 e. The summed E-state index contributed by atoms with van der Waals surface area (Å²) < 4.78 is 5.95. The number of hydrogen-bond donors (Lipinski definition) is 2. The number of hydrogen-bond acceptors (Lipinski definition) is 3. The number of aliphatic imine (C=N–C) groups is 1. The average molecular weight is 437 g/mol. The number of amides is 1. The van der Waals surface area contributed by atoms with E-state index in [4.69, 9.17) is 4.74 Å². The monoisotopic (exact) mass is 436 g/mol. The fourth-order valence-corrected chi connectivity index (χ4v) is 3.80. The second-order valence-corrected chi connectivity index (χ2v) is 8.49. The minimum Gasteiger partial charge on any atom is -0.489 e. The second-order valence-electron chi connectivity index (χ2n) is 8.49. The summed E-state index contributed by atoms with van der Waals surface area (Å²) in [5.74, 6) is 2.16. The topological polar surface area (TPSA) is 66.0 Å². The Balaban J connectivity index is 1.44. The van der Waals surface area contributed by atoms with E-state index in [1.54, 1.807) is 0 Å². The molecule has 2 aromatic rings. The Morgan fingerprint density at radius 3 is 2.62 bits per heavy atom. The van der Waals surface area contributed by atoms with Gasteiger partial charge in [0.25, 0.3) is 0 Å². The Kier molecular flexibility index (Phi) is 8.96. The lowest BCUT2D eigenvalue weighted by atomic mass is 10.1. The third-order valence-electron chi connectivity index (χ3n) is 5.57. The van der Waals surface area contributed by atoms with Crippen LogP contribution in [0.15, 0.2) is 59.6 Å². The molecule has 2 N–H and O–H groups in total. The summed E-state index contributed by atoms with van der Waals surface area (Å²) in [7, 11) is 0. The molecule has 0 aromatic heterocycles. The van der Waals surface area contributed by atoms with E-state index < -0.39 is 0 Å². The van der Waals surface area contributed by atoms with Gasteiger partial charge in [-0.25, -0.2) is 4.99 Å². The van der Waals surface area contributed by atoms with Gasteiger partial charge in [-0.3, -0.25) is 4.79 Å². The Morgan fingerprint density at radius 1 is 1.16 bits per heavy atom. The lowest BCUT2D eigenvalue weighted by Gasteiger charge is -2.18. The van der Waals surface area contributed by atoms with Crippen LogP contribution in [0.1, 0.15) is 31.4 Å². The van der Waals surface area contributed by atoms with Crippen molar-refractivity contribution in [3.05, 3.63) is 65.7 Å². The predicted molar refractivity (Wildman–Crippen MR) is 130 cm³/mol. The summed E-state index contributed by atoms with van der Waals surface area (Å²) in [5, 5.41) is 6.70. The summed E-state index contributed by atoms with van der Waals surface area (Å²) in [4.78, 5) is 19.1. The minimum absolute atomic E-state index is 0.0327. The first kappa shape index (κ1) is 23.6. The molecule has 2 unspecified atom stereocenters. The first-order valence-corrected chi connectivity index (χ1v) is 11.6. The van der Waals surface area contributed by atoms with Crippen molar-refractivity contribution in [1.29, 1.82) is 0 Å². The Morgan fingerprint density at radius 2 is 1.91 bits per heavy atom. The van der Waals surface area contributed by atoms with E-state index in [0.29, 0.717) is 18.9 Å². The highest BCUT2D eigenvalue weighted by Crippen LogP contribution is 2.18. The van der Waals surface area contributed by atoms with Crippen LogP contribution in [-0.2, 0) is 11.2 Å². The summed E-state index contributed by atoms with van der Waals surface area (Å²) in [6.07, 6.45) is 1.46. The zero-order valence-corrected chi connectivity index (χ0v) is 19.5. The number of aryl methyl sites for hydroxylation is 1. The highest BCUT2D eigenvalue weighted by molar-refractivity contribution is 5.81. The van der Waals surface area contributed by atoms with Crippen molar-refractivity contribution in [3.8, 4) is 5.75 Å². The number of benzene rings is 2. The van der Waals surface area contributed by atoms with E-state index in [9.17, 15) is 4.79 Å². The van der Waals surface area contributed by atoms with Crippen molar-refractivity contribution in [2.75, 3.05) is 32.7 Å². The van der Waals surface area contributed by atoms with E-state index in [1.807, 2.05) is 61.2 Å². The number of likely N-dealkylation sites (tertiary alicyclic amines) is 1. The van der Waals surface area contributed by atoms with Crippen LogP contribution in [0.3, 0.4) is 0 Å². The second kappa shape index (κ2) is 12.1. The van der Waals surface area contributed by atoms with Crippen molar-refractivity contribution in [3.63, 3.8) is 0 Å². The predicted octanol–water partition coefficient (Wildman–Crippen LogP) is 3.41. The van der Waals surface area contributed by atoms with Crippen LogP contribution in [-0.4, -0.2) is 55.6 Å². The molecule has 0 saturated carbocycles. The van der Waals surface area contributed by atoms with Gasteiger partial charge in [-0.1, -0.05) is 48.0 Å². The Bertz CT molecular complexity index is 867. The molecular formula is C26H36N4O2. The normalized spacial score (nSPS) is 17.3. The molecule has 0 spiro atoms. The quantitative estimate of drug-likeness (QED) is 0.443. The molecule has 1 aliphatic rings. The van der Waals surface area contributed by atoms with Gasteiger partial charge in [-0.15, -0.1) is 0 Å². The van der Waals surface area contributed by atoms with Gasteiger partial charge < -0.3 is 20.3 Å². The minimum atomic E-state index is -0.0327. The molecule has 6 nitrogen and oxygen atoms in total. The van der Waals surface area contributed by atoms with Gasteiger partial charge in [0.2, 0.25) is 5.91 Å². The molecular weight excluding hydrogens is 400 g/mol. The van der Waals surface area contributed by atoms with Crippen LogP contribution >= 0.6 is 0 Å². The lowest BCUT2D eigenvalue weighted by molar-refractivity contribution is -0.127. The lowest BCUT2D eigenvalue weighted by Crippen LogP contribution is -2.41. The molecule has 172 valence electrons. The van der Waals surface area contributed by atoms with Crippen LogP contribution in [0.2, 0.25) is 0 Å². The van der Waals surface area contributed by atoms with Gasteiger partial charge in [-0.05, 0) is 44.9 Å². The van der Waals surface area contributed by atoms with E-state index in [-0.39, 0.29) is 12.0 Å². The van der Waals surface area contributed by atoms with Crippen LogP contribution in [0.5, 0.6) is 5.75 Å². The third kappa shape index (κ3) is 7.59. The molecule has 0 radical (unpaired) electrons. The van der Waals surface area contributed by atoms with E-state index in [2.05, 4.69) is 34.7 Å². The van der Waals surface area contributed by atoms with Crippen molar-refractivity contribution >= 4 is 11.9 Å². The molecule has 1 fully saturated rings. The summed E-state index contributed by atoms with van der Waals surface area (Å²) in [5.41, 5.74) is 2.48. The van der Waals surface area contributed by atoms with Gasteiger partial charge >= 0.3 is 0 Å². The largest absolute Gasteiger partial charge is 0.489 e. The number of ether oxygens (including phenoxy) is 1. The molecule has 6 heteroatoms. The zero-order chi connectivity index (χ0) is 22.8. The average Bonchev–Trinajstić information content (AvgIpc) is 3.16. The Labute approximate surface area is 192 Å². The number of carbonyl (C=O) groups excluding carboxylic acids is 1. The highest BCUT2D eigenvalue weighted by Gasteiger charge is 2.29. The molecule has 2 aromatic carbocycles. The number of nitrogens with one attached hydrogen (secondary N) is 2. The molecule has 1 saturated heterocycles. The third-order valence-corrected chi connectivity index (χ3v) is 5.57. The van der Waals surface area contributed by atoms with Crippen LogP contribution in [0, 0.1) is 12.8 Å². The van der Waals surface area contributed by atoms with E-state index in [0.717, 1.165) is 44.3 Å². The molecule has 0 bridgehead atoms. The summed E-state index contributed by atoms with van der Waals surface area (Å²) in [6, 6.07) is 18.4. The van der Waals surface area contributed by atoms with Gasteiger partial charge in [0, 0.05) is 38.5 Å². The maximum absolute atomic E-state index is 12.4. The maximum Gasteiger partial charge on any atom is 0.223 e. The van der Waals surface area contributed by atoms with Crippen LogP contribution in [0.4, 0.5) is 0 Å². The molecule has 1 amide bonds. The number of guanidine groups is 1. The van der Waals surface area contributed by atoms with Crippen LogP contribution < -0.4 is 15.4 Å². The molecule has 0 aliphatic carbocycles. The van der Waals surface area contributed by atoms with Crippen molar-refractivity contribution in [2.45, 2.75) is 39.7 Å².